The van der Waals surface area contributed by atoms with E-state index in [2.05, 4.69) is 17.6 Å². The SMILES string of the molecule is CCc1ccc(N[C@@H]2NC(=O)/C(=C/c3ccc(Oc4ccc([N+](=O)[O-])cc4[N+](=O)[O-])cc3)S2)cc1. The third-order valence-electron chi connectivity index (χ3n) is 5.15. The summed E-state index contributed by atoms with van der Waals surface area (Å²) in [6.07, 6.45) is 2.69. The van der Waals surface area contributed by atoms with Crippen molar-refractivity contribution in [1.82, 2.24) is 5.32 Å². The van der Waals surface area contributed by atoms with Crippen LogP contribution in [0.15, 0.2) is 71.6 Å². The number of hydrogen-bond acceptors (Lipinski definition) is 8. The molecule has 35 heavy (non-hydrogen) atoms. The van der Waals surface area contributed by atoms with Crippen molar-refractivity contribution in [1.29, 1.82) is 0 Å². The number of non-ortho nitro benzene ring substituents is 1. The lowest BCUT2D eigenvalue weighted by Gasteiger charge is -2.12. The minimum Gasteiger partial charge on any atom is -0.450 e. The molecule has 0 aliphatic carbocycles. The van der Waals surface area contributed by atoms with Crippen LogP contribution in [0.1, 0.15) is 18.1 Å². The molecule has 2 N–H and O–H groups in total. The smallest absolute Gasteiger partial charge is 0.318 e. The van der Waals surface area contributed by atoms with Gasteiger partial charge in [-0.25, -0.2) is 0 Å². The van der Waals surface area contributed by atoms with Crippen molar-refractivity contribution >= 4 is 40.8 Å². The fourth-order valence-electron chi connectivity index (χ4n) is 3.31. The summed E-state index contributed by atoms with van der Waals surface area (Å²) >= 11 is 1.36. The normalized spacial score (nSPS) is 16.1. The standard InChI is InChI=1S/C24H20N4O6S/c1-2-15-3-7-17(8-4-15)25-24-26-23(29)22(35-24)13-16-5-10-19(11-6-16)34-21-12-9-18(27(30)31)14-20(21)28(32)33/h3-14,24-25H,2H2,1H3,(H,26,29)/b22-13-/t24-/m1/s1. The number of thioether (sulfide) groups is 1. The number of nitro benzene ring substituents is 2. The molecule has 1 fully saturated rings. The maximum absolute atomic E-state index is 12.4. The van der Waals surface area contributed by atoms with Crippen LogP contribution in [0.25, 0.3) is 6.08 Å². The van der Waals surface area contributed by atoms with Gasteiger partial charge in [0.1, 0.15) is 5.75 Å². The second-order valence-corrected chi connectivity index (χ2v) is 8.66. The molecule has 1 heterocycles. The van der Waals surface area contributed by atoms with Crippen LogP contribution in [-0.4, -0.2) is 21.3 Å². The molecule has 1 amide bonds. The maximum atomic E-state index is 12.4. The number of hydrogen-bond donors (Lipinski definition) is 2. The van der Waals surface area contributed by atoms with Crippen LogP contribution in [0.2, 0.25) is 0 Å². The molecule has 0 aromatic heterocycles. The number of ether oxygens (including phenoxy) is 1. The fourth-order valence-corrected chi connectivity index (χ4v) is 4.30. The van der Waals surface area contributed by atoms with E-state index in [-0.39, 0.29) is 17.2 Å². The van der Waals surface area contributed by atoms with E-state index in [9.17, 15) is 25.0 Å². The van der Waals surface area contributed by atoms with Gasteiger partial charge in [0.15, 0.2) is 5.50 Å². The number of carbonyl (C=O) groups excluding carboxylic acids is 1. The van der Waals surface area contributed by atoms with Crippen molar-refractivity contribution in [3.8, 4) is 11.5 Å². The second kappa shape index (κ2) is 10.3. The molecular weight excluding hydrogens is 472 g/mol. The molecule has 0 unspecified atom stereocenters. The number of anilines is 1. The summed E-state index contributed by atoms with van der Waals surface area (Å²) in [5.74, 6) is 0.000486. The van der Waals surface area contributed by atoms with Crippen LogP contribution in [0, 0.1) is 20.2 Å². The summed E-state index contributed by atoms with van der Waals surface area (Å²) in [7, 11) is 0. The molecule has 0 radical (unpaired) electrons. The Kier molecular flexibility index (Phi) is 6.97. The molecule has 1 aliphatic rings. The first-order chi connectivity index (χ1) is 16.8. The van der Waals surface area contributed by atoms with E-state index in [1.165, 1.54) is 23.4 Å². The second-order valence-electron chi connectivity index (χ2n) is 7.51. The number of benzene rings is 3. The van der Waals surface area contributed by atoms with E-state index < -0.39 is 21.2 Å². The van der Waals surface area contributed by atoms with Gasteiger partial charge >= 0.3 is 5.69 Å². The molecule has 0 bridgehead atoms. The summed E-state index contributed by atoms with van der Waals surface area (Å²) in [5.41, 5.74) is 1.67. The summed E-state index contributed by atoms with van der Waals surface area (Å²) < 4.78 is 5.57. The zero-order valence-electron chi connectivity index (χ0n) is 18.5. The van der Waals surface area contributed by atoms with Gasteiger partial charge in [-0.3, -0.25) is 25.0 Å². The van der Waals surface area contributed by atoms with E-state index in [1.807, 2.05) is 24.3 Å². The van der Waals surface area contributed by atoms with Crippen LogP contribution in [-0.2, 0) is 11.2 Å². The highest BCUT2D eigenvalue weighted by Crippen LogP contribution is 2.35. The van der Waals surface area contributed by atoms with Crippen LogP contribution < -0.4 is 15.4 Å². The molecule has 3 aromatic carbocycles. The molecule has 10 nitrogen and oxygen atoms in total. The predicted molar refractivity (Wildman–Crippen MR) is 133 cm³/mol. The molecule has 0 saturated carbocycles. The van der Waals surface area contributed by atoms with E-state index >= 15 is 0 Å². The number of nitrogens with zero attached hydrogens (tertiary/aromatic N) is 2. The summed E-state index contributed by atoms with van der Waals surface area (Å²) in [6, 6.07) is 17.8. The maximum Gasteiger partial charge on any atom is 0.318 e. The highest BCUT2D eigenvalue weighted by atomic mass is 32.2. The van der Waals surface area contributed by atoms with Gasteiger partial charge in [-0.05, 0) is 54.0 Å². The molecule has 3 aromatic rings. The van der Waals surface area contributed by atoms with Gasteiger partial charge in [-0.15, -0.1) is 0 Å². The number of nitro groups is 2. The summed E-state index contributed by atoms with van der Waals surface area (Å²) in [5, 5.41) is 28.3. The minimum absolute atomic E-state index is 0.113. The van der Waals surface area contributed by atoms with E-state index in [0.29, 0.717) is 10.7 Å². The Hall–Kier alpha value is -4.38. The largest absolute Gasteiger partial charge is 0.450 e. The Balaban J connectivity index is 1.43. The van der Waals surface area contributed by atoms with Crippen molar-refractivity contribution in [3.05, 3.63) is 103 Å². The lowest BCUT2D eigenvalue weighted by atomic mass is 10.1. The third kappa shape index (κ3) is 5.76. The highest BCUT2D eigenvalue weighted by Gasteiger charge is 2.27. The van der Waals surface area contributed by atoms with Crippen LogP contribution >= 0.6 is 11.8 Å². The van der Waals surface area contributed by atoms with E-state index in [0.717, 1.165) is 29.8 Å². The van der Waals surface area contributed by atoms with E-state index in [1.54, 1.807) is 30.3 Å². The molecular formula is C24H20N4O6S. The Morgan fingerprint density at radius 3 is 2.37 bits per heavy atom. The first-order valence-corrected chi connectivity index (χ1v) is 11.5. The zero-order chi connectivity index (χ0) is 24.9. The van der Waals surface area contributed by atoms with Crippen molar-refractivity contribution in [2.24, 2.45) is 0 Å². The Morgan fingerprint density at radius 1 is 1.03 bits per heavy atom. The lowest BCUT2D eigenvalue weighted by molar-refractivity contribution is -0.394. The molecule has 1 atom stereocenters. The van der Waals surface area contributed by atoms with Gasteiger partial charge in [-0.1, -0.05) is 43.0 Å². The number of aryl methyl sites for hydroxylation is 1. The number of carbonyl (C=O) groups is 1. The molecule has 178 valence electrons. The lowest BCUT2D eigenvalue weighted by Crippen LogP contribution is -2.30. The van der Waals surface area contributed by atoms with E-state index in [4.69, 9.17) is 4.74 Å². The van der Waals surface area contributed by atoms with Gasteiger partial charge in [0.05, 0.1) is 20.8 Å². The Bertz CT molecular complexity index is 1310. The Morgan fingerprint density at radius 2 is 1.74 bits per heavy atom. The monoisotopic (exact) mass is 492 g/mol. The van der Waals surface area contributed by atoms with Crippen molar-refractivity contribution < 1.29 is 19.4 Å². The van der Waals surface area contributed by atoms with Crippen LogP contribution in [0.5, 0.6) is 11.5 Å². The van der Waals surface area contributed by atoms with Crippen molar-refractivity contribution in [3.63, 3.8) is 0 Å². The molecule has 1 aliphatic heterocycles. The molecule has 11 heteroatoms. The summed E-state index contributed by atoms with van der Waals surface area (Å²) in [6.45, 7) is 2.09. The first-order valence-electron chi connectivity index (χ1n) is 10.6. The average Bonchev–Trinajstić information content (AvgIpc) is 3.19. The van der Waals surface area contributed by atoms with Gasteiger partial charge in [-0.2, -0.15) is 0 Å². The van der Waals surface area contributed by atoms with Gasteiger partial charge in [0, 0.05) is 11.8 Å². The van der Waals surface area contributed by atoms with Gasteiger partial charge in [0.2, 0.25) is 5.75 Å². The highest BCUT2D eigenvalue weighted by molar-refractivity contribution is 8.05. The molecule has 0 spiro atoms. The molecule has 4 rings (SSSR count). The van der Waals surface area contributed by atoms with Crippen LogP contribution in [0.3, 0.4) is 0 Å². The van der Waals surface area contributed by atoms with Crippen molar-refractivity contribution in [2.45, 2.75) is 18.8 Å². The number of nitrogens with one attached hydrogen (secondary N) is 2. The molecule has 1 saturated heterocycles. The third-order valence-corrected chi connectivity index (χ3v) is 6.18. The summed E-state index contributed by atoms with van der Waals surface area (Å²) in [4.78, 5) is 33.6. The zero-order valence-corrected chi connectivity index (χ0v) is 19.3. The number of rotatable bonds is 8. The predicted octanol–water partition coefficient (Wildman–Crippen LogP) is 5.46. The first kappa shape index (κ1) is 23.8. The average molecular weight is 493 g/mol. The van der Waals surface area contributed by atoms with Crippen LogP contribution in [0.4, 0.5) is 17.1 Å². The number of amides is 1. The van der Waals surface area contributed by atoms with Gasteiger partial charge < -0.3 is 15.4 Å². The Labute approximate surface area is 204 Å². The van der Waals surface area contributed by atoms with Gasteiger partial charge in [0.25, 0.3) is 11.6 Å². The topological polar surface area (TPSA) is 137 Å². The quantitative estimate of drug-likeness (QED) is 0.240. The fraction of sp³-hybridized carbons (Fsp3) is 0.125. The van der Waals surface area contributed by atoms with Crippen molar-refractivity contribution in [2.75, 3.05) is 5.32 Å². The minimum atomic E-state index is -0.736.